The van der Waals surface area contributed by atoms with Crippen LogP contribution in [0.2, 0.25) is 0 Å². The van der Waals surface area contributed by atoms with E-state index < -0.39 is 0 Å². The van der Waals surface area contributed by atoms with Gasteiger partial charge in [-0.2, -0.15) is 0 Å². The molecule has 0 fully saturated rings. The Kier molecular flexibility index (Phi) is 4.35. The van der Waals surface area contributed by atoms with E-state index in [4.69, 9.17) is 5.11 Å². The minimum Gasteiger partial charge on any atom is -0.393 e. The zero-order chi connectivity index (χ0) is 10.6. The molecule has 0 aromatic carbocycles. The first kappa shape index (κ1) is 11.5. The number of aromatic nitrogens is 1. The highest BCUT2D eigenvalue weighted by Gasteiger charge is 2.03. The first-order valence-electron chi connectivity index (χ1n) is 4.60. The van der Waals surface area contributed by atoms with E-state index in [1.165, 1.54) is 0 Å². The third-order valence-electron chi connectivity index (χ3n) is 1.99. The molecule has 1 unspecified atom stereocenters. The van der Waals surface area contributed by atoms with Crippen molar-refractivity contribution in [3.05, 3.63) is 22.8 Å². The van der Waals surface area contributed by atoms with Crippen LogP contribution >= 0.6 is 15.9 Å². The van der Waals surface area contributed by atoms with Crippen LogP contribution < -0.4 is 4.90 Å². The summed E-state index contributed by atoms with van der Waals surface area (Å²) in [6.45, 7) is 2.61. The molecule has 0 saturated heterocycles. The Balaban J connectivity index is 2.52. The van der Waals surface area contributed by atoms with E-state index >= 15 is 0 Å². The fourth-order valence-electron chi connectivity index (χ4n) is 1.09. The quantitative estimate of drug-likeness (QED) is 0.899. The third-order valence-corrected chi connectivity index (χ3v) is 2.45. The molecule has 1 heterocycles. The summed E-state index contributed by atoms with van der Waals surface area (Å²) >= 11 is 3.34. The molecule has 0 spiro atoms. The van der Waals surface area contributed by atoms with E-state index in [1.54, 1.807) is 13.1 Å². The van der Waals surface area contributed by atoms with Crippen molar-refractivity contribution in [2.75, 3.05) is 18.5 Å². The lowest BCUT2D eigenvalue weighted by atomic mass is 10.3. The second-order valence-electron chi connectivity index (χ2n) is 3.39. The van der Waals surface area contributed by atoms with Crippen LogP contribution in [0.5, 0.6) is 0 Å². The molecule has 1 aromatic heterocycles. The van der Waals surface area contributed by atoms with Crippen molar-refractivity contribution >= 4 is 21.7 Å². The molecule has 1 N–H and O–H groups in total. The summed E-state index contributed by atoms with van der Waals surface area (Å²) < 4.78 is 0.977. The predicted octanol–water partition coefficient (Wildman–Crippen LogP) is 2.05. The Morgan fingerprint density at radius 3 is 2.79 bits per heavy atom. The molecule has 1 aromatic rings. The highest BCUT2D eigenvalue weighted by Crippen LogP contribution is 2.13. The van der Waals surface area contributed by atoms with E-state index in [0.29, 0.717) is 0 Å². The number of nitrogens with zero attached hydrogens (tertiary/aromatic N) is 2. The van der Waals surface area contributed by atoms with Crippen LogP contribution in [-0.4, -0.2) is 29.8 Å². The van der Waals surface area contributed by atoms with Gasteiger partial charge in [0, 0.05) is 24.3 Å². The monoisotopic (exact) mass is 258 g/mol. The van der Waals surface area contributed by atoms with E-state index in [2.05, 4.69) is 20.9 Å². The van der Waals surface area contributed by atoms with Gasteiger partial charge in [0.15, 0.2) is 0 Å². The first-order chi connectivity index (χ1) is 6.59. The minimum absolute atomic E-state index is 0.257. The highest BCUT2D eigenvalue weighted by molar-refractivity contribution is 9.10. The SMILES string of the molecule is CC(O)CCN(C)c1ccc(Br)cn1. The zero-order valence-electron chi connectivity index (χ0n) is 8.44. The number of hydrogen-bond donors (Lipinski definition) is 1. The van der Waals surface area contributed by atoms with Gasteiger partial charge in [0.1, 0.15) is 5.82 Å². The van der Waals surface area contributed by atoms with Gasteiger partial charge < -0.3 is 10.0 Å². The predicted molar refractivity (Wildman–Crippen MR) is 61.5 cm³/mol. The van der Waals surface area contributed by atoms with Gasteiger partial charge in [0.2, 0.25) is 0 Å². The molecule has 0 amide bonds. The molecular weight excluding hydrogens is 244 g/mol. The van der Waals surface area contributed by atoms with Crippen LogP contribution in [0.1, 0.15) is 13.3 Å². The van der Waals surface area contributed by atoms with Crippen LogP contribution in [0.15, 0.2) is 22.8 Å². The van der Waals surface area contributed by atoms with Crippen LogP contribution in [0.3, 0.4) is 0 Å². The van der Waals surface area contributed by atoms with Gasteiger partial charge in [0.25, 0.3) is 0 Å². The van der Waals surface area contributed by atoms with Crippen LogP contribution in [0.4, 0.5) is 5.82 Å². The molecule has 0 saturated carbocycles. The van der Waals surface area contributed by atoms with Crippen molar-refractivity contribution in [2.45, 2.75) is 19.4 Å². The summed E-state index contributed by atoms with van der Waals surface area (Å²) in [5.74, 6) is 0.925. The Hall–Kier alpha value is -0.610. The molecule has 0 bridgehead atoms. The zero-order valence-corrected chi connectivity index (χ0v) is 10.0. The molecular formula is C10H15BrN2O. The second-order valence-corrected chi connectivity index (χ2v) is 4.31. The molecule has 14 heavy (non-hydrogen) atoms. The Labute approximate surface area is 92.9 Å². The standard InChI is InChI=1S/C10H15BrN2O/c1-8(14)5-6-13(2)10-4-3-9(11)7-12-10/h3-4,7-8,14H,5-6H2,1-2H3. The lowest BCUT2D eigenvalue weighted by molar-refractivity contribution is 0.187. The van der Waals surface area contributed by atoms with Crippen molar-refractivity contribution in [2.24, 2.45) is 0 Å². The largest absolute Gasteiger partial charge is 0.393 e. The maximum atomic E-state index is 9.14. The Morgan fingerprint density at radius 1 is 1.57 bits per heavy atom. The summed E-state index contributed by atoms with van der Waals surface area (Å²) in [6, 6.07) is 3.91. The third kappa shape index (κ3) is 3.64. The second kappa shape index (κ2) is 5.32. The summed E-state index contributed by atoms with van der Waals surface area (Å²) in [5.41, 5.74) is 0. The van der Waals surface area contributed by atoms with E-state index in [1.807, 2.05) is 24.1 Å². The Morgan fingerprint density at radius 2 is 2.29 bits per heavy atom. The minimum atomic E-state index is -0.257. The smallest absolute Gasteiger partial charge is 0.128 e. The summed E-state index contributed by atoms with van der Waals surface area (Å²) in [7, 11) is 1.97. The molecule has 0 radical (unpaired) electrons. The normalized spacial score (nSPS) is 12.6. The van der Waals surface area contributed by atoms with Crippen molar-refractivity contribution in [1.82, 2.24) is 4.98 Å². The Bertz CT molecular complexity index is 274. The number of rotatable bonds is 4. The molecule has 0 aliphatic carbocycles. The molecule has 1 rings (SSSR count). The maximum absolute atomic E-state index is 9.14. The van der Waals surface area contributed by atoms with Gasteiger partial charge in [-0.1, -0.05) is 0 Å². The van der Waals surface area contributed by atoms with Gasteiger partial charge in [-0.25, -0.2) is 4.98 Å². The van der Waals surface area contributed by atoms with Crippen molar-refractivity contribution < 1.29 is 5.11 Å². The van der Waals surface area contributed by atoms with Crippen molar-refractivity contribution in [3.63, 3.8) is 0 Å². The van der Waals surface area contributed by atoms with Gasteiger partial charge in [-0.15, -0.1) is 0 Å². The molecule has 78 valence electrons. The fourth-order valence-corrected chi connectivity index (χ4v) is 1.32. The van der Waals surface area contributed by atoms with E-state index in [0.717, 1.165) is 23.3 Å². The molecule has 0 aliphatic heterocycles. The number of halogens is 1. The molecule has 1 atom stereocenters. The van der Waals surface area contributed by atoms with Gasteiger partial charge in [0.05, 0.1) is 6.10 Å². The van der Waals surface area contributed by atoms with Crippen molar-refractivity contribution in [1.29, 1.82) is 0 Å². The van der Waals surface area contributed by atoms with Gasteiger partial charge >= 0.3 is 0 Å². The number of pyridine rings is 1. The van der Waals surface area contributed by atoms with Crippen LogP contribution in [0.25, 0.3) is 0 Å². The first-order valence-corrected chi connectivity index (χ1v) is 5.39. The summed E-state index contributed by atoms with van der Waals surface area (Å²) in [4.78, 5) is 6.28. The maximum Gasteiger partial charge on any atom is 0.128 e. The van der Waals surface area contributed by atoms with Crippen LogP contribution in [0, 0.1) is 0 Å². The summed E-state index contributed by atoms with van der Waals surface area (Å²) in [6.07, 6.45) is 2.27. The number of anilines is 1. The number of aliphatic hydroxyl groups excluding tert-OH is 1. The lowest BCUT2D eigenvalue weighted by Crippen LogP contribution is -2.22. The van der Waals surface area contributed by atoms with E-state index in [-0.39, 0.29) is 6.10 Å². The summed E-state index contributed by atoms with van der Waals surface area (Å²) in [5, 5.41) is 9.14. The van der Waals surface area contributed by atoms with Crippen LogP contribution in [-0.2, 0) is 0 Å². The lowest BCUT2D eigenvalue weighted by Gasteiger charge is -2.18. The van der Waals surface area contributed by atoms with Gasteiger partial charge in [-0.05, 0) is 41.4 Å². The molecule has 3 nitrogen and oxygen atoms in total. The van der Waals surface area contributed by atoms with Crippen molar-refractivity contribution in [3.8, 4) is 0 Å². The van der Waals surface area contributed by atoms with Gasteiger partial charge in [-0.3, -0.25) is 0 Å². The fraction of sp³-hybridized carbons (Fsp3) is 0.500. The highest BCUT2D eigenvalue weighted by atomic mass is 79.9. The number of hydrogen-bond acceptors (Lipinski definition) is 3. The topological polar surface area (TPSA) is 36.4 Å². The number of aliphatic hydroxyl groups is 1. The average Bonchev–Trinajstić information content (AvgIpc) is 2.15. The molecule has 4 heteroatoms. The average molecular weight is 259 g/mol. The molecule has 0 aliphatic rings. The van der Waals surface area contributed by atoms with E-state index in [9.17, 15) is 0 Å².